The number of likely N-dealkylation sites (tertiary alicyclic amines) is 1. The maximum atomic E-state index is 13.1. The molecule has 7 heteroatoms. The van der Waals surface area contributed by atoms with E-state index in [-0.39, 0.29) is 5.91 Å². The number of halogens is 1. The summed E-state index contributed by atoms with van der Waals surface area (Å²) in [5.74, 6) is 1.15. The zero-order valence-electron chi connectivity index (χ0n) is 16.3. The van der Waals surface area contributed by atoms with Gasteiger partial charge in [0.15, 0.2) is 11.5 Å². The van der Waals surface area contributed by atoms with Gasteiger partial charge < -0.3 is 4.90 Å². The average molecular weight is 418 g/mol. The standard InChI is InChI=1S/C23H20ClN5O/c24-20-12-19(13-25-14-20)22-27-26-21-7-6-18(15-29(21)22)23(30)28-10-8-17(9-11-28)16-4-2-1-3-5-16/h1-7,12-15,17H,8-11H2. The molecule has 3 aromatic heterocycles. The van der Waals surface area contributed by atoms with Crippen molar-refractivity contribution in [1.29, 1.82) is 0 Å². The zero-order valence-corrected chi connectivity index (χ0v) is 17.0. The van der Waals surface area contributed by atoms with E-state index in [1.54, 1.807) is 24.7 Å². The second-order valence-electron chi connectivity index (χ2n) is 7.54. The lowest BCUT2D eigenvalue weighted by molar-refractivity contribution is 0.0712. The maximum Gasteiger partial charge on any atom is 0.255 e. The van der Waals surface area contributed by atoms with Crippen LogP contribution in [0.5, 0.6) is 0 Å². The third kappa shape index (κ3) is 3.55. The SMILES string of the molecule is O=C(c1ccc2nnc(-c3cncc(Cl)c3)n2c1)N1CCC(c2ccccc2)CC1. The van der Waals surface area contributed by atoms with Gasteiger partial charge in [0.2, 0.25) is 0 Å². The van der Waals surface area contributed by atoms with Crippen molar-refractivity contribution in [2.45, 2.75) is 18.8 Å². The van der Waals surface area contributed by atoms with Crippen LogP contribution < -0.4 is 0 Å². The molecule has 1 saturated heterocycles. The number of fused-ring (bicyclic) bond motifs is 1. The van der Waals surface area contributed by atoms with Gasteiger partial charge in [-0.25, -0.2) is 0 Å². The molecule has 1 aliphatic heterocycles. The number of nitrogens with zero attached hydrogens (tertiary/aromatic N) is 5. The molecule has 0 atom stereocenters. The summed E-state index contributed by atoms with van der Waals surface area (Å²) in [7, 11) is 0. The minimum atomic E-state index is 0.0345. The van der Waals surface area contributed by atoms with Crippen molar-refractivity contribution in [3.05, 3.63) is 83.3 Å². The molecule has 1 fully saturated rings. The second-order valence-corrected chi connectivity index (χ2v) is 7.98. The molecule has 1 aliphatic rings. The summed E-state index contributed by atoms with van der Waals surface area (Å²) in [5, 5.41) is 8.98. The van der Waals surface area contributed by atoms with Crippen LogP contribution in [-0.4, -0.2) is 43.5 Å². The van der Waals surface area contributed by atoms with Crippen molar-refractivity contribution in [3.8, 4) is 11.4 Å². The fourth-order valence-corrected chi connectivity index (χ4v) is 4.25. The first kappa shape index (κ1) is 18.8. The minimum absolute atomic E-state index is 0.0345. The number of rotatable bonds is 3. The first-order valence-corrected chi connectivity index (χ1v) is 10.4. The molecule has 0 N–H and O–H groups in total. The number of benzene rings is 1. The Morgan fingerprint density at radius 2 is 1.80 bits per heavy atom. The van der Waals surface area contributed by atoms with Crippen molar-refractivity contribution in [2.75, 3.05) is 13.1 Å². The summed E-state index contributed by atoms with van der Waals surface area (Å²) >= 11 is 6.07. The molecule has 0 radical (unpaired) electrons. The molecule has 0 aliphatic carbocycles. The summed E-state index contributed by atoms with van der Waals surface area (Å²) < 4.78 is 1.82. The lowest BCUT2D eigenvalue weighted by Crippen LogP contribution is -2.38. The molecule has 150 valence electrons. The molecule has 1 aromatic carbocycles. The molecule has 4 aromatic rings. The van der Waals surface area contributed by atoms with Crippen LogP contribution in [-0.2, 0) is 0 Å². The zero-order chi connectivity index (χ0) is 20.5. The van der Waals surface area contributed by atoms with E-state index in [2.05, 4.69) is 39.4 Å². The normalized spacial score (nSPS) is 14.9. The number of carbonyl (C=O) groups is 1. The Kier molecular flexibility index (Phi) is 4.93. The first-order chi connectivity index (χ1) is 14.7. The highest BCUT2D eigenvalue weighted by Crippen LogP contribution is 2.28. The topological polar surface area (TPSA) is 63.4 Å². The first-order valence-electron chi connectivity index (χ1n) is 9.99. The summed E-state index contributed by atoms with van der Waals surface area (Å²) in [6.45, 7) is 1.51. The Morgan fingerprint density at radius 1 is 1.00 bits per heavy atom. The van der Waals surface area contributed by atoms with E-state index in [1.807, 2.05) is 27.5 Å². The van der Waals surface area contributed by atoms with Crippen LogP contribution in [0.4, 0.5) is 0 Å². The van der Waals surface area contributed by atoms with Crippen molar-refractivity contribution < 1.29 is 4.79 Å². The van der Waals surface area contributed by atoms with Crippen molar-refractivity contribution in [2.24, 2.45) is 0 Å². The maximum absolute atomic E-state index is 13.1. The highest BCUT2D eigenvalue weighted by molar-refractivity contribution is 6.30. The van der Waals surface area contributed by atoms with Crippen LogP contribution in [0.25, 0.3) is 17.0 Å². The quantitative estimate of drug-likeness (QED) is 0.493. The van der Waals surface area contributed by atoms with E-state index in [9.17, 15) is 4.79 Å². The summed E-state index contributed by atoms with van der Waals surface area (Å²) in [4.78, 5) is 19.2. The summed E-state index contributed by atoms with van der Waals surface area (Å²) in [6, 6.07) is 16.0. The van der Waals surface area contributed by atoms with Gasteiger partial charge in [-0.15, -0.1) is 10.2 Å². The number of carbonyl (C=O) groups excluding carboxylic acids is 1. The van der Waals surface area contributed by atoms with Gasteiger partial charge in [0.1, 0.15) is 0 Å². The molecular formula is C23H20ClN5O. The van der Waals surface area contributed by atoms with Crippen molar-refractivity contribution >= 4 is 23.2 Å². The van der Waals surface area contributed by atoms with Crippen LogP contribution in [0.3, 0.4) is 0 Å². The fourth-order valence-electron chi connectivity index (χ4n) is 4.07. The average Bonchev–Trinajstić information content (AvgIpc) is 3.23. The highest BCUT2D eigenvalue weighted by Gasteiger charge is 2.25. The lowest BCUT2D eigenvalue weighted by Gasteiger charge is -2.32. The Balaban J connectivity index is 1.37. The largest absolute Gasteiger partial charge is 0.339 e. The minimum Gasteiger partial charge on any atom is -0.339 e. The third-order valence-electron chi connectivity index (χ3n) is 5.67. The van der Waals surface area contributed by atoms with E-state index in [0.717, 1.165) is 31.5 Å². The fraction of sp³-hybridized carbons (Fsp3) is 0.217. The lowest BCUT2D eigenvalue weighted by atomic mass is 9.89. The van der Waals surface area contributed by atoms with Crippen molar-refractivity contribution in [3.63, 3.8) is 0 Å². The predicted molar refractivity (Wildman–Crippen MR) is 116 cm³/mol. The highest BCUT2D eigenvalue weighted by atomic mass is 35.5. The van der Waals surface area contributed by atoms with Gasteiger partial charge in [-0.1, -0.05) is 41.9 Å². The van der Waals surface area contributed by atoms with Crippen LogP contribution in [0, 0.1) is 0 Å². The van der Waals surface area contributed by atoms with Gasteiger partial charge in [0.25, 0.3) is 5.91 Å². The van der Waals surface area contributed by atoms with Crippen LogP contribution >= 0.6 is 11.6 Å². The number of hydrogen-bond acceptors (Lipinski definition) is 4. The summed E-state index contributed by atoms with van der Waals surface area (Å²) in [5.41, 5.74) is 3.40. The number of amides is 1. The molecule has 5 rings (SSSR count). The van der Waals surface area contributed by atoms with Gasteiger partial charge in [0.05, 0.1) is 10.6 Å². The monoisotopic (exact) mass is 417 g/mol. The molecule has 1 amide bonds. The third-order valence-corrected chi connectivity index (χ3v) is 5.87. The van der Waals surface area contributed by atoms with E-state index in [4.69, 9.17) is 11.6 Å². The molecule has 0 saturated carbocycles. The van der Waals surface area contributed by atoms with Gasteiger partial charge in [-0.05, 0) is 42.5 Å². The molecule has 0 bridgehead atoms. The number of pyridine rings is 2. The summed E-state index contributed by atoms with van der Waals surface area (Å²) in [6.07, 6.45) is 7.01. The smallest absolute Gasteiger partial charge is 0.255 e. The predicted octanol–water partition coefficient (Wildman–Crippen LogP) is 4.46. The van der Waals surface area contributed by atoms with Crippen LogP contribution in [0.15, 0.2) is 67.1 Å². The van der Waals surface area contributed by atoms with Gasteiger partial charge in [0, 0.05) is 37.2 Å². The van der Waals surface area contributed by atoms with Crippen LogP contribution in [0.2, 0.25) is 5.02 Å². The molecule has 6 nitrogen and oxygen atoms in total. The number of aromatic nitrogens is 4. The molecular weight excluding hydrogens is 398 g/mol. The Morgan fingerprint density at radius 3 is 2.57 bits per heavy atom. The number of piperidine rings is 1. The van der Waals surface area contributed by atoms with E-state index < -0.39 is 0 Å². The Hall–Kier alpha value is -3.25. The van der Waals surface area contributed by atoms with E-state index in [1.165, 1.54) is 5.56 Å². The Labute approximate surface area is 179 Å². The molecule has 0 unspecified atom stereocenters. The molecule has 4 heterocycles. The molecule has 30 heavy (non-hydrogen) atoms. The van der Waals surface area contributed by atoms with Crippen LogP contribution in [0.1, 0.15) is 34.7 Å². The number of hydrogen-bond donors (Lipinski definition) is 0. The van der Waals surface area contributed by atoms with Gasteiger partial charge in [-0.3, -0.25) is 14.2 Å². The Bertz CT molecular complexity index is 1200. The van der Waals surface area contributed by atoms with Gasteiger partial charge >= 0.3 is 0 Å². The van der Waals surface area contributed by atoms with E-state index >= 15 is 0 Å². The van der Waals surface area contributed by atoms with E-state index in [0.29, 0.717) is 28.0 Å². The molecule has 0 spiro atoms. The van der Waals surface area contributed by atoms with Crippen molar-refractivity contribution in [1.82, 2.24) is 24.5 Å². The second kappa shape index (κ2) is 7.88. The van der Waals surface area contributed by atoms with Gasteiger partial charge in [-0.2, -0.15) is 0 Å².